The van der Waals surface area contributed by atoms with Gasteiger partial charge in [0.15, 0.2) is 11.5 Å². The molecule has 1 aliphatic heterocycles. The molecule has 0 amide bonds. The standard InChI is InChI=1S/C13H11FN2O4S/c14-10-5-8(1-3-11(10)16-21(15,17)18)9-2-4-12-13(6-9)20-7-19-12/h1-6,16H,7H2,(H2,15,17,18). The largest absolute Gasteiger partial charge is 0.454 e. The van der Waals surface area contributed by atoms with Gasteiger partial charge in [0.2, 0.25) is 6.79 Å². The minimum atomic E-state index is -4.01. The maximum absolute atomic E-state index is 13.9. The van der Waals surface area contributed by atoms with E-state index in [1.807, 2.05) is 4.72 Å². The third-order valence-electron chi connectivity index (χ3n) is 2.93. The van der Waals surface area contributed by atoms with Crippen molar-refractivity contribution in [3.63, 3.8) is 0 Å². The Morgan fingerprint density at radius 2 is 1.71 bits per heavy atom. The second-order valence-electron chi connectivity index (χ2n) is 4.41. The van der Waals surface area contributed by atoms with Crippen LogP contribution in [0.25, 0.3) is 11.1 Å². The van der Waals surface area contributed by atoms with E-state index in [1.54, 1.807) is 24.3 Å². The highest BCUT2D eigenvalue weighted by Crippen LogP contribution is 2.36. The quantitative estimate of drug-likeness (QED) is 0.905. The molecule has 3 rings (SSSR count). The van der Waals surface area contributed by atoms with Crippen molar-refractivity contribution in [2.45, 2.75) is 0 Å². The fourth-order valence-corrected chi connectivity index (χ4v) is 2.48. The third-order valence-corrected chi connectivity index (χ3v) is 3.43. The van der Waals surface area contributed by atoms with Crippen LogP contribution in [-0.2, 0) is 10.2 Å². The lowest BCUT2D eigenvalue weighted by Gasteiger charge is -2.08. The highest BCUT2D eigenvalue weighted by atomic mass is 32.2. The molecule has 110 valence electrons. The molecule has 0 fully saturated rings. The number of benzene rings is 2. The molecule has 21 heavy (non-hydrogen) atoms. The van der Waals surface area contributed by atoms with E-state index in [0.717, 1.165) is 5.56 Å². The van der Waals surface area contributed by atoms with Gasteiger partial charge in [-0.3, -0.25) is 4.72 Å². The first-order valence-corrected chi connectivity index (χ1v) is 7.47. The van der Waals surface area contributed by atoms with E-state index in [-0.39, 0.29) is 12.5 Å². The van der Waals surface area contributed by atoms with Crippen LogP contribution >= 0.6 is 0 Å². The maximum atomic E-state index is 13.9. The lowest BCUT2D eigenvalue weighted by atomic mass is 10.0. The van der Waals surface area contributed by atoms with Crippen LogP contribution in [0.4, 0.5) is 10.1 Å². The highest BCUT2D eigenvalue weighted by Gasteiger charge is 2.15. The summed E-state index contributed by atoms with van der Waals surface area (Å²) in [7, 11) is -4.01. The minimum absolute atomic E-state index is 0.157. The lowest BCUT2D eigenvalue weighted by molar-refractivity contribution is 0.174. The SMILES string of the molecule is NS(=O)(=O)Nc1ccc(-c2ccc3c(c2)OCO3)cc1F. The summed E-state index contributed by atoms with van der Waals surface area (Å²) in [5.74, 6) is 0.491. The van der Waals surface area contributed by atoms with Crippen molar-refractivity contribution in [3.8, 4) is 22.6 Å². The lowest BCUT2D eigenvalue weighted by Crippen LogP contribution is -2.22. The zero-order valence-corrected chi connectivity index (χ0v) is 11.5. The predicted octanol–water partition coefficient (Wildman–Crippen LogP) is 1.84. The molecule has 0 bridgehead atoms. The molecule has 0 saturated carbocycles. The number of hydrogen-bond donors (Lipinski definition) is 2. The number of nitrogens with one attached hydrogen (secondary N) is 1. The first-order valence-electron chi connectivity index (χ1n) is 5.92. The molecule has 0 radical (unpaired) electrons. The Morgan fingerprint density at radius 3 is 2.43 bits per heavy atom. The summed E-state index contributed by atoms with van der Waals surface area (Å²) in [6.45, 7) is 0.157. The minimum Gasteiger partial charge on any atom is -0.454 e. The number of fused-ring (bicyclic) bond motifs is 1. The van der Waals surface area contributed by atoms with Gasteiger partial charge in [0.25, 0.3) is 10.2 Å². The van der Waals surface area contributed by atoms with Gasteiger partial charge in [-0.25, -0.2) is 9.53 Å². The normalized spacial score (nSPS) is 13.2. The molecule has 0 aromatic heterocycles. The maximum Gasteiger partial charge on any atom is 0.296 e. The number of nitrogens with two attached hydrogens (primary N) is 1. The number of hydrogen-bond acceptors (Lipinski definition) is 4. The Hall–Kier alpha value is -2.32. The zero-order chi connectivity index (χ0) is 15.0. The molecule has 6 nitrogen and oxygen atoms in total. The van der Waals surface area contributed by atoms with Crippen LogP contribution in [0.5, 0.6) is 11.5 Å². The van der Waals surface area contributed by atoms with E-state index < -0.39 is 16.0 Å². The molecular formula is C13H11FN2O4S. The second-order valence-corrected chi connectivity index (χ2v) is 5.70. The van der Waals surface area contributed by atoms with Crippen LogP contribution in [0.15, 0.2) is 36.4 Å². The summed E-state index contributed by atoms with van der Waals surface area (Å²) < 4.78 is 48.1. The van der Waals surface area contributed by atoms with Crippen molar-refractivity contribution in [2.24, 2.45) is 5.14 Å². The van der Waals surface area contributed by atoms with Crippen LogP contribution in [0.2, 0.25) is 0 Å². The van der Waals surface area contributed by atoms with Crippen molar-refractivity contribution in [2.75, 3.05) is 11.5 Å². The molecule has 2 aromatic rings. The molecule has 0 aliphatic carbocycles. The summed E-state index contributed by atoms with van der Waals surface area (Å²) in [6.07, 6.45) is 0. The number of anilines is 1. The summed E-state index contributed by atoms with van der Waals surface area (Å²) in [5.41, 5.74) is 1.09. The Labute approximate surface area is 120 Å². The first-order chi connectivity index (χ1) is 9.92. The average molecular weight is 310 g/mol. The van der Waals surface area contributed by atoms with Crippen LogP contribution < -0.4 is 19.3 Å². The fraction of sp³-hybridized carbons (Fsp3) is 0.0769. The molecule has 3 N–H and O–H groups in total. The summed E-state index contributed by atoms with van der Waals surface area (Å²) >= 11 is 0. The molecule has 1 aliphatic rings. The van der Waals surface area contributed by atoms with Gasteiger partial charge in [-0.2, -0.15) is 8.42 Å². The van der Waals surface area contributed by atoms with Crippen LogP contribution in [0.1, 0.15) is 0 Å². The Bertz CT molecular complexity index is 808. The van der Waals surface area contributed by atoms with E-state index in [0.29, 0.717) is 17.1 Å². The first kappa shape index (κ1) is 13.7. The molecule has 2 aromatic carbocycles. The van der Waals surface area contributed by atoms with Crippen molar-refractivity contribution >= 4 is 15.9 Å². The molecule has 8 heteroatoms. The molecule has 0 saturated heterocycles. The second kappa shape index (κ2) is 4.90. The van der Waals surface area contributed by atoms with Crippen LogP contribution in [-0.4, -0.2) is 15.2 Å². The average Bonchev–Trinajstić information content (AvgIpc) is 2.87. The number of rotatable bonds is 3. The van der Waals surface area contributed by atoms with E-state index in [1.165, 1.54) is 12.1 Å². The Balaban J connectivity index is 1.95. The third kappa shape index (κ3) is 2.91. The summed E-state index contributed by atoms with van der Waals surface area (Å²) in [5, 5.41) is 4.81. The number of ether oxygens (including phenoxy) is 2. The van der Waals surface area contributed by atoms with E-state index >= 15 is 0 Å². The molecule has 1 heterocycles. The van der Waals surface area contributed by atoms with Crippen molar-refractivity contribution < 1.29 is 22.3 Å². The van der Waals surface area contributed by atoms with Gasteiger partial charge in [0, 0.05) is 0 Å². The molecular weight excluding hydrogens is 299 g/mol. The molecule has 0 spiro atoms. The van der Waals surface area contributed by atoms with Crippen molar-refractivity contribution in [1.82, 2.24) is 0 Å². The van der Waals surface area contributed by atoms with Gasteiger partial charge in [0.05, 0.1) is 5.69 Å². The van der Waals surface area contributed by atoms with Gasteiger partial charge < -0.3 is 9.47 Å². The monoisotopic (exact) mass is 310 g/mol. The van der Waals surface area contributed by atoms with Crippen molar-refractivity contribution in [1.29, 1.82) is 0 Å². The molecule has 0 atom stereocenters. The zero-order valence-electron chi connectivity index (χ0n) is 10.7. The van der Waals surface area contributed by atoms with Crippen molar-refractivity contribution in [3.05, 3.63) is 42.2 Å². The van der Waals surface area contributed by atoms with E-state index in [9.17, 15) is 12.8 Å². The summed E-state index contributed by atoms with van der Waals surface area (Å²) in [4.78, 5) is 0. The van der Waals surface area contributed by atoms with Crippen LogP contribution in [0, 0.1) is 5.82 Å². The Kier molecular flexibility index (Phi) is 3.19. The molecule has 0 unspecified atom stereocenters. The van der Waals surface area contributed by atoms with E-state index in [4.69, 9.17) is 14.6 Å². The van der Waals surface area contributed by atoms with Gasteiger partial charge >= 0.3 is 0 Å². The van der Waals surface area contributed by atoms with Gasteiger partial charge in [-0.1, -0.05) is 12.1 Å². The van der Waals surface area contributed by atoms with Gasteiger partial charge in [-0.05, 0) is 35.4 Å². The fourth-order valence-electron chi connectivity index (χ4n) is 2.01. The predicted molar refractivity (Wildman–Crippen MR) is 74.7 cm³/mol. The smallest absolute Gasteiger partial charge is 0.296 e. The van der Waals surface area contributed by atoms with Gasteiger partial charge in [0.1, 0.15) is 5.82 Å². The van der Waals surface area contributed by atoms with E-state index in [2.05, 4.69) is 0 Å². The topological polar surface area (TPSA) is 90.7 Å². The van der Waals surface area contributed by atoms with Gasteiger partial charge in [-0.15, -0.1) is 0 Å². The summed E-state index contributed by atoms with van der Waals surface area (Å²) in [6, 6.07) is 9.31. The Morgan fingerprint density at radius 1 is 1.05 bits per heavy atom. The number of halogens is 1. The highest BCUT2D eigenvalue weighted by molar-refractivity contribution is 7.90. The van der Waals surface area contributed by atoms with Crippen LogP contribution in [0.3, 0.4) is 0 Å².